The standard InChI is InChI=1S/C16H11F5N2/c1-8-13(17)5-9(6-14(8)18)10-3-4-12(16(19,20)21)15-11(10)7-23(2)22-15/h3-7H,1-2H3. The van der Waals surface area contributed by atoms with Gasteiger partial charge in [0.05, 0.1) is 5.56 Å². The van der Waals surface area contributed by atoms with Crippen LogP contribution in [0, 0.1) is 18.6 Å². The largest absolute Gasteiger partial charge is 0.418 e. The van der Waals surface area contributed by atoms with Gasteiger partial charge in [0.15, 0.2) is 0 Å². The van der Waals surface area contributed by atoms with E-state index in [1.165, 1.54) is 30.9 Å². The summed E-state index contributed by atoms with van der Waals surface area (Å²) in [6, 6.07) is 4.29. The van der Waals surface area contributed by atoms with E-state index >= 15 is 0 Å². The van der Waals surface area contributed by atoms with Crippen LogP contribution in [-0.2, 0) is 13.2 Å². The summed E-state index contributed by atoms with van der Waals surface area (Å²) in [5.74, 6) is -1.51. The lowest BCUT2D eigenvalue weighted by Gasteiger charge is -2.11. The van der Waals surface area contributed by atoms with Gasteiger partial charge in [-0.15, -0.1) is 0 Å². The maximum atomic E-state index is 13.8. The summed E-state index contributed by atoms with van der Waals surface area (Å²) in [5, 5.41) is 4.02. The number of hydrogen-bond acceptors (Lipinski definition) is 1. The number of aryl methyl sites for hydroxylation is 1. The van der Waals surface area contributed by atoms with E-state index in [0.717, 1.165) is 18.2 Å². The van der Waals surface area contributed by atoms with Gasteiger partial charge >= 0.3 is 6.18 Å². The summed E-state index contributed by atoms with van der Waals surface area (Å²) in [7, 11) is 1.49. The second-order valence-electron chi connectivity index (χ2n) is 5.29. The molecule has 0 unspecified atom stereocenters. The van der Waals surface area contributed by atoms with Crippen LogP contribution in [0.2, 0.25) is 0 Å². The summed E-state index contributed by atoms with van der Waals surface area (Å²) < 4.78 is 68.0. The molecule has 7 heteroatoms. The predicted molar refractivity (Wildman–Crippen MR) is 75.8 cm³/mol. The minimum atomic E-state index is -4.56. The van der Waals surface area contributed by atoms with Crippen LogP contribution in [0.25, 0.3) is 22.0 Å². The quantitative estimate of drug-likeness (QED) is 0.585. The Morgan fingerprint density at radius 3 is 2.22 bits per heavy atom. The van der Waals surface area contributed by atoms with Crippen LogP contribution in [0.4, 0.5) is 22.0 Å². The highest BCUT2D eigenvalue weighted by Gasteiger charge is 2.34. The minimum absolute atomic E-state index is 0.136. The Hall–Kier alpha value is -2.44. The zero-order valence-electron chi connectivity index (χ0n) is 12.2. The number of fused-ring (bicyclic) bond motifs is 1. The zero-order valence-corrected chi connectivity index (χ0v) is 12.2. The van der Waals surface area contributed by atoms with Crippen molar-refractivity contribution in [3.8, 4) is 11.1 Å². The van der Waals surface area contributed by atoms with Crippen LogP contribution in [-0.4, -0.2) is 9.78 Å². The molecule has 0 spiro atoms. The summed E-state index contributed by atoms with van der Waals surface area (Å²) in [4.78, 5) is 0. The highest BCUT2D eigenvalue weighted by atomic mass is 19.4. The van der Waals surface area contributed by atoms with Crippen LogP contribution in [0.3, 0.4) is 0 Å². The number of benzene rings is 2. The van der Waals surface area contributed by atoms with Crippen LogP contribution < -0.4 is 0 Å². The number of hydrogen-bond donors (Lipinski definition) is 0. The first kappa shape index (κ1) is 15.5. The van der Waals surface area contributed by atoms with Gasteiger partial charge in [-0.05, 0) is 36.2 Å². The molecule has 0 saturated carbocycles. The van der Waals surface area contributed by atoms with Gasteiger partial charge in [-0.1, -0.05) is 6.07 Å². The Bertz CT molecular complexity index is 886. The summed E-state index contributed by atoms with van der Waals surface area (Å²) in [6.07, 6.45) is -3.16. The zero-order chi connectivity index (χ0) is 16.9. The van der Waals surface area contributed by atoms with Gasteiger partial charge in [-0.25, -0.2) is 8.78 Å². The molecule has 0 amide bonds. The molecule has 3 aromatic rings. The van der Waals surface area contributed by atoms with E-state index in [2.05, 4.69) is 5.10 Å². The van der Waals surface area contributed by atoms with E-state index in [4.69, 9.17) is 0 Å². The van der Waals surface area contributed by atoms with E-state index in [-0.39, 0.29) is 22.0 Å². The monoisotopic (exact) mass is 326 g/mol. The Labute approximate surface area is 128 Å². The van der Waals surface area contributed by atoms with Crippen molar-refractivity contribution in [1.82, 2.24) is 9.78 Å². The first-order chi connectivity index (χ1) is 10.7. The maximum Gasteiger partial charge on any atom is 0.418 e. The molecule has 0 N–H and O–H groups in total. The first-order valence-corrected chi connectivity index (χ1v) is 6.68. The summed E-state index contributed by atoms with van der Waals surface area (Å²) in [6.45, 7) is 1.29. The smallest absolute Gasteiger partial charge is 0.275 e. The van der Waals surface area contributed by atoms with E-state index < -0.39 is 23.4 Å². The second kappa shape index (κ2) is 5.04. The van der Waals surface area contributed by atoms with E-state index in [1.807, 2.05) is 0 Å². The van der Waals surface area contributed by atoms with Crippen LogP contribution in [0.5, 0.6) is 0 Å². The van der Waals surface area contributed by atoms with Crippen molar-refractivity contribution in [2.24, 2.45) is 7.05 Å². The first-order valence-electron chi connectivity index (χ1n) is 6.68. The predicted octanol–water partition coefficient (Wildman–Crippen LogP) is 4.85. The lowest BCUT2D eigenvalue weighted by atomic mass is 9.98. The fraction of sp³-hybridized carbons (Fsp3) is 0.188. The Balaban J connectivity index is 2.32. The van der Waals surface area contributed by atoms with Gasteiger partial charge in [0.2, 0.25) is 0 Å². The van der Waals surface area contributed by atoms with E-state index in [1.54, 1.807) is 0 Å². The fourth-order valence-corrected chi connectivity index (χ4v) is 2.50. The van der Waals surface area contributed by atoms with Crippen molar-refractivity contribution < 1.29 is 22.0 Å². The molecule has 0 aliphatic rings. The Kier molecular flexibility index (Phi) is 3.39. The second-order valence-corrected chi connectivity index (χ2v) is 5.29. The summed E-state index contributed by atoms with van der Waals surface area (Å²) >= 11 is 0. The van der Waals surface area contributed by atoms with Gasteiger partial charge in [0.25, 0.3) is 0 Å². The Morgan fingerprint density at radius 2 is 1.65 bits per heavy atom. The summed E-state index contributed by atoms with van der Waals surface area (Å²) in [5.41, 5.74) is -0.817. The molecule has 120 valence electrons. The average molecular weight is 326 g/mol. The molecule has 0 fully saturated rings. The molecule has 1 heterocycles. The third kappa shape index (κ3) is 2.56. The number of halogens is 5. The number of rotatable bonds is 1. The van der Waals surface area contributed by atoms with E-state index in [0.29, 0.717) is 5.56 Å². The fourth-order valence-electron chi connectivity index (χ4n) is 2.50. The number of aromatic nitrogens is 2. The molecule has 0 radical (unpaired) electrons. The van der Waals surface area contributed by atoms with Crippen molar-refractivity contribution in [2.45, 2.75) is 13.1 Å². The topological polar surface area (TPSA) is 17.8 Å². The molecule has 2 aromatic carbocycles. The maximum absolute atomic E-state index is 13.8. The third-order valence-corrected chi connectivity index (χ3v) is 3.69. The van der Waals surface area contributed by atoms with Gasteiger partial charge < -0.3 is 0 Å². The molecule has 0 saturated heterocycles. The molecule has 0 aliphatic carbocycles. The van der Waals surface area contributed by atoms with Crippen molar-refractivity contribution in [2.75, 3.05) is 0 Å². The molecule has 23 heavy (non-hydrogen) atoms. The van der Waals surface area contributed by atoms with Crippen LogP contribution >= 0.6 is 0 Å². The van der Waals surface area contributed by atoms with Crippen molar-refractivity contribution in [3.05, 3.63) is 53.2 Å². The third-order valence-electron chi connectivity index (χ3n) is 3.69. The van der Waals surface area contributed by atoms with Crippen molar-refractivity contribution in [3.63, 3.8) is 0 Å². The van der Waals surface area contributed by atoms with Gasteiger partial charge in [-0.2, -0.15) is 18.3 Å². The van der Waals surface area contributed by atoms with Crippen molar-refractivity contribution >= 4 is 10.9 Å². The molecular weight excluding hydrogens is 315 g/mol. The minimum Gasteiger partial charge on any atom is -0.275 e. The highest BCUT2D eigenvalue weighted by molar-refractivity contribution is 5.96. The van der Waals surface area contributed by atoms with Crippen molar-refractivity contribution in [1.29, 1.82) is 0 Å². The number of alkyl halides is 3. The SMILES string of the molecule is Cc1c(F)cc(-c2ccc(C(F)(F)F)c3nn(C)cc23)cc1F. The molecule has 2 nitrogen and oxygen atoms in total. The highest BCUT2D eigenvalue weighted by Crippen LogP contribution is 2.38. The molecule has 0 bridgehead atoms. The van der Waals surface area contributed by atoms with Crippen LogP contribution in [0.1, 0.15) is 11.1 Å². The number of nitrogens with zero attached hydrogens (tertiary/aromatic N) is 2. The molecular formula is C16H11F5N2. The van der Waals surface area contributed by atoms with Gasteiger partial charge in [0, 0.05) is 24.2 Å². The molecule has 0 aliphatic heterocycles. The molecule has 0 atom stereocenters. The Morgan fingerprint density at radius 1 is 1.04 bits per heavy atom. The van der Waals surface area contributed by atoms with E-state index in [9.17, 15) is 22.0 Å². The van der Waals surface area contributed by atoms with Gasteiger partial charge in [0.1, 0.15) is 17.2 Å². The molecule has 1 aromatic heterocycles. The van der Waals surface area contributed by atoms with Crippen LogP contribution in [0.15, 0.2) is 30.5 Å². The normalized spacial score (nSPS) is 12.1. The lowest BCUT2D eigenvalue weighted by molar-refractivity contribution is -0.136. The molecule has 3 rings (SSSR count). The van der Waals surface area contributed by atoms with Gasteiger partial charge in [-0.3, -0.25) is 4.68 Å². The average Bonchev–Trinajstić information content (AvgIpc) is 2.82. The lowest BCUT2D eigenvalue weighted by Crippen LogP contribution is -2.06.